The van der Waals surface area contributed by atoms with E-state index in [0.717, 1.165) is 51.3 Å². The maximum absolute atomic E-state index is 12.2. The molecule has 3 heterocycles. The second-order valence-corrected chi connectivity index (χ2v) is 5.62. The molecule has 6 heteroatoms. The van der Waals surface area contributed by atoms with E-state index in [1.165, 1.54) is 0 Å². The van der Waals surface area contributed by atoms with Crippen molar-refractivity contribution in [3.8, 4) is 0 Å². The van der Waals surface area contributed by atoms with Crippen molar-refractivity contribution in [3.63, 3.8) is 0 Å². The van der Waals surface area contributed by atoms with Crippen LogP contribution >= 0.6 is 0 Å². The van der Waals surface area contributed by atoms with Gasteiger partial charge in [-0.1, -0.05) is 12.1 Å². The number of aromatic amines is 1. The zero-order valence-electron chi connectivity index (χ0n) is 12.4. The van der Waals surface area contributed by atoms with E-state index in [-0.39, 0.29) is 12.0 Å². The molecule has 1 fully saturated rings. The van der Waals surface area contributed by atoms with Crippen molar-refractivity contribution in [2.75, 3.05) is 32.7 Å². The van der Waals surface area contributed by atoms with Gasteiger partial charge in [-0.15, -0.1) is 0 Å². The maximum Gasteiger partial charge on any atom is 0.270 e. The molecular weight excluding hydrogens is 268 g/mol. The summed E-state index contributed by atoms with van der Waals surface area (Å²) in [6.45, 7) is 6.34. The normalized spacial score (nSPS) is 23.0. The molecule has 0 aromatic carbocycles. The monoisotopic (exact) mass is 290 g/mol. The van der Waals surface area contributed by atoms with Gasteiger partial charge in [0, 0.05) is 45.3 Å². The van der Waals surface area contributed by atoms with Gasteiger partial charge in [-0.2, -0.15) is 0 Å². The Labute approximate surface area is 124 Å². The first-order valence-electron chi connectivity index (χ1n) is 7.63. The highest BCUT2D eigenvalue weighted by Crippen LogP contribution is 2.15. The van der Waals surface area contributed by atoms with Gasteiger partial charge in [0.1, 0.15) is 11.8 Å². The number of H-pyrrole nitrogens is 1. The third kappa shape index (κ3) is 3.26. The van der Waals surface area contributed by atoms with Crippen LogP contribution in [0.2, 0.25) is 0 Å². The molecule has 1 aromatic heterocycles. The molecule has 3 rings (SSSR count). The first kappa shape index (κ1) is 14.1. The molecule has 1 amide bonds. The Morgan fingerprint density at radius 1 is 1.43 bits per heavy atom. The number of nitrogens with one attached hydrogen (secondary N) is 1. The van der Waals surface area contributed by atoms with Gasteiger partial charge in [0.05, 0.1) is 5.71 Å². The summed E-state index contributed by atoms with van der Waals surface area (Å²) in [5, 5.41) is 4.10. The molecule has 114 valence electrons. The van der Waals surface area contributed by atoms with E-state index in [0.29, 0.717) is 5.69 Å². The van der Waals surface area contributed by atoms with E-state index in [1.807, 2.05) is 17.0 Å². The van der Waals surface area contributed by atoms with Crippen molar-refractivity contribution in [1.82, 2.24) is 14.8 Å². The number of piperazine rings is 1. The summed E-state index contributed by atoms with van der Waals surface area (Å²) >= 11 is 0. The van der Waals surface area contributed by atoms with Crippen molar-refractivity contribution in [1.29, 1.82) is 0 Å². The number of hydrogen-bond acceptors (Lipinski definition) is 4. The Hall–Kier alpha value is -1.82. The standard InChI is InChI=1S/C15H22N4O2/c1-2-12-10-13(21-17-12)11-18-6-8-19(9-7-18)15(20)14-4-3-5-16-14/h3-5,13,16H,2,6-11H2,1H3/t13-/m1/s1. The van der Waals surface area contributed by atoms with Crippen LogP contribution in [0.5, 0.6) is 0 Å². The average Bonchev–Trinajstić information content (AvgIpc) is 3.19. The number of oxime groups is 1. The summed E-state index contributed by atoms with van der Waals surface area (Å²) in [5.41, 5.74) is 1.82. The summed E-state index contributed by atoms with van der Waals surface area (Å²) in [7, 11) is 0. The van der Waals surface area contributed by atoms with E-state index < -0.39 is 0 Å². The van der Waals surface area contributed by atoms with Gasteiger partial charge in [-0.25, -0.2) is 0 Å². The molecule has 0 unspecified atom stereocenters. The lowest BCUT2D eigenvalue weighted by Gasteiger charge is -2.35. The van der Waals surface area contributed by atoms with Crippen molar-refractivity contribution in [3.05, 3.63) is 24.0 Å². The van der Waals surface area contributed by atoms with Crippen LogP contribution in [-0.2, 0) is 4.84 Å². The fourth-order valence-electron chi connectivity index (χ4n) is 2.85. The lowest BCUT2D eigenvalue weighted by atomic mass is 10.1. The molecule has 1 N–H and O–H groups in total. The molecule has 1 aromatic rings. The molecule has 0 aliphatic carbocycles. The van der Waals surface area contributed by atoms with Crippen molar-refractivity contribution in [2.24, 2.45) is 5.16 Å². The van der Waals surface area contributed by atoms with E-state index in [4.69, 9.17) is 4.84 Å². The fraction of sp³-hybridized carbons (Fsp3) is 0.600. The van der Waals surface area contributed by atoms with Crippen LogP contribution in [0.25, 0.3) is 0 Å². The second-order valence-electron chi connectivity index (χ2n) is 5.62. The molecule has 0 spiro atoms. The van der Waals surface area contributed by atoms with Gasteiger partial charge in [0.2, 0.25) is 0 Å². The maximum atomic E-state index is 12.2. The zero-order valence-corrected chi connectivity index (χ0v) is 12.4. The van der Waals surface area contributed by atoms with E-state index >= 15 is 0 Å². The van der Waals surface area contributed by atoms with Crippen LogP contribution < -0.4 is 0 Å². The Morgan fingerprint density at radius 2 is 2.24 bits per heavy atom. The smallest absolute Gasteiger partial charge is 0.270 e. The minimum absolute atomic E-state index is 0.0911. The molecule has 21 heavy (non-hydrogen) atoms. The number of amides is 1. The Bertz CT molecular complexity index is 504. The predicted molar refractivity (Wildman–Crippen MR) is 80.4 cm³/mol. The number of nitrogens with zero attached hydrogens (tertiary/aromatic N) is 3. The third-order valence-corrected chi connectivity index (χ3v) is 4.15. The Balaban J connectivity index is 1.44. The highest BCUT2D eigenvalue weighted by atomic mass is 16.6. The Kier molecular flexibility index (Phi) is 4.24. The number of carbonyl (C=O) groups is 1. The average molecular weight is 290 g/mol. The second kappa shape index (κ2) is 6.30. The van der Waals surface area contributed by atoms with Gasteiger partial charge in [0.25, 0.3) is 5.91 Å². The van der Waals surface area contributed by atoms with Crippen LogP contribution in [0.3, 0.4) is 0 Å². The highest BCUT2D eigenvalue weighted by Gasteiger charge is 2.27. The minimum Gasteiger partial charge on any atom is -0.391 e. The third-order valence-electron chi connectivity index (χ3n) is 4.15. The summed E-state index contributed by atoms with van der Waals surface area (Å²) in [5.74, 6) is 0.0911. The molecule has 1 saturated heterocycles. The number of carbonyl (C=O) groups excluding carboxylic acids is 1. The summed E-state index contributed by atoms with van der Waals surface area (Å²) < 4.78 is 0. The van der Waals surface area contributed by atoms with E-state index in [1.54, 1.807) is 6.20 Å². The van der Waals surface area contributed by atoms with Gasteiger partial charge in [-0.3, -0.25) is 9.69 Å². The molecule has 0 radical (unpaired) electrons. The van der Waals surface area contributed by atoms with Crippen LogP contribution in [0, 0.1) is 0 Å². The lowest BCUT2D eigenvalue weighted by Crippen LogP contribution is -2.50. The summed E-state index contributed by atoms with van der Waals surface area (Å²) in [6.07, 6.45) is 3.88. The number of rotatable bonds is 4. The highest BCUT2D eigenvalue weighted by molar-refractivity contribution is 5.92. The molecule has 0 bridgehead atoms. The Morgan fingerprint density at radius 3 is 2.86 bits per heavy atom. The van der Waals surface area contributed by atoms with Crippen LogP contribution in [0.1, 0.15) is 30.3 Å². The lowest BCUT2D eigenvalue weighted by molar-refractivity contribution is 0.0323. The fourth-order valence-corrected chi connectivity index (χ4v) is 2.85. The first-order chi connectivity index (χ1) is 10.3. The topological polar surface area (TPSA) is 60.9 Å². The molecular formula is C15H22N4O2. The SMILES string of the molecule is CCC1=NO[C@@H](CN2CCN(C(=O)c3ccc[nH]3)CC2)C1. The molecule has 6 nitrogen and oxygen atoms in total. The predicted octanol–water partition coefficient (Wildman–Crippen LogP) is 1.33. The quantitative estimate of drug-likeness (QED) is 0.910. The summed E-state index contributed by atoms with van der Waals surface area (Å²) in [4.78, 5) is 24.9. The molecule has 2 aliphatic rings. The van der Waals surface area contributed by atoms with Crippen LogP contribution in [-0.4, -0.2) is 65.2 Å². The van der Waals surface area contributed by atoms with Gasteiger partial charge in [0.15, 0.2) is 0 Å². The zero-order chi connectivity index (χ0) is 14.7. The van der Waals surface area contributed by atoms with E-state index in [9.17, 15) is 4.79 Å². The van der Waals surface area contributed by atoms with Gasteiger partial charge >= 0.3 is 0 Å². The molecule has 2 aliphatic heterocycles. The molecule has 0 saturated carbocycles. The van der Waals surface area contributed by atoms with E-state index in [2.05, 4.69) is 22.0 Å². The molecule has 1 atom stereocenters. The largest absolute Gasteiger partial charge is 0.391 e. The number of hydrogen-bond donors (Lipinski definition) is 1. The van der Waals surface area contributed by atoms with Crippen molar-refractivity contribution in [2.45, 2.75) is 25.9 Å². The van der Waals surface area contributed by atoms with Crippen LogP contribution in [0.4, 0.5) is 0 Å². The van der Waals surface area contributed by atoms with Crippen molar-refractivity contribution < 1.29 is 9.63 Å². The minimum atomic E-state index is 0.0911. The van der Waals surface area contributed by atoms with Crippen molar-refractivity contribution >= 4 is 11.6 Å². The van der Waals surface area contributed by atoms with Crippen LogP contribution in [0.15, 0.2) is 23.5 Å². The van der Waals surface area contributed by atoms with Gasteiger partial charge < -0.3 is 14.7 Å². The van der Waals surface area contributed by atoms with Gasteiger partial charge in [-0.05, 0) is 18.6 Å². The number of aromatic nitrogens is 1. The summed E-state index contributed by atoms with van der Waals surface area (Å²) in [6, 6.07) is 3.68. The first-order valence-corrected chi connectivity index (χ1v) is 7.63.